The second-order valence-electron chi connectivity index (χ2n) is 8.12. The van der Waals surface area contributed by atoms with Crippen LogP contribution in [0.1, 0.15) is 41.6 Å². The van der Waals surface area contributed by atoms with E-state index in [-0.39, 0.29) is 16.8 Å². The molecule has 0 saturated carbocycles. The van der Waals surface area contributed by atoms with Crippen molar-refractivity contribution in [3.05, 3.63) is 95.1 Å². The number of anilines is 1. The normalized spacial score (nSPS) is 12.4. The van der Waals surface area contributed by atoms with Crippen LogP contribution in [0.5, 0.6) is 0 Å². The molecule has 0 aromatic heterocycles. The molecule has 3 aromatic carbocycles. The van der Waals surface area contributed by atoms with Crippen LogP contribution in [-0.2, 0) is 21.2 Å². The number of benzene rings is 3. The van der Waals surface area contributed by atoms with E-state index >= 15 is 0 Å². The average Bonchev–Trinajstić information content (AvgIpc) is 2.79. The summed E-state index contributed by atoms with van der Waals surface area (Å²) < 4.78 is 28.1. The second-order valence-corrected chi connectivity index (χ2v) is 9.83. The number of amides is 1. The molecule has 0 aliphatic rings. The molecular formula is C26H30N2O3S. The number of nitrogens with zero attached hydrogens (tertiary/aromatic N) is 1. The second kappa shape index (κ2) is 10.1. The average molecular weight is 451 g/mol. The number of aryl methyl sites for hydroxylation is 3. The first kappa shape index (κ1) is 23.7. The highest BCUT2D eigenvalue weighted by Crippen LogP contribution is 2.20. The number of rotatable bonds is 8. The van der Waals surface area contributed by atoms with Gasteiger partial charge in [0.25, 0.3) is 0 Å². The molecule has 32 heavy (non-hydrogen) atoms. The van der Waals surface area contributed by atoms with E-state index in [4.69, 9.17) is 0 Å². The van der Waals surface area contributed by atoms with Gasteiger partial charge in [0.1, 0.15) is 0 Å². The molecule has 0 fully saturated rings. The summed E-state index contributed by atoms with van der Waals surface area (Å²) in [6.07, 6.45) is 0.890. The summed E-state index contributed by atoms with van der Waals surface area (Å²) in [5.41, 5.74) is 5.03. The lowest BCUT2D eigenvalue weighted by Gasteiger charge is -2.18. The first-order valence-corrected chi connectivity index (χ1v) is 12.2. The molecule has 1 N–H and O–H groups in total. The quantitative estimate of drug-likeness (QED) is 0.529. The van der Waals surface area contributed by atoms with Crippen LogP contribution in [0.2, 0.25) is 0 Å². The Balaban J connectivity index is 1.60. The molecule has 5 nitrogen and oxygen atoms in total. The Bertz CT molecular complexity index is 1170. The summed E-state index contributed by atoms with van der Waals surface area (Å²) >= 11 is 0. The Kier molecular flexibility index (Phi) is 7.48. The van der Waals surface area contributed by atoms with Crippen molar-refractivity contribution >= 4 is 21.6 Å². The van der Waals surface area contributed by atoms with E-state index in [1.807, 2.05) is 69.3 Å². The van der Waals surface area contributed by atoms with E-state index in [1.165, 1.54) is 5.56 Å². The third-order valence-electron chi connectivity index (χ3n) is 5.74. The summed E-state index contributed by atoms with van der Waals surface area (Å²) in [5, 5.41) is 0. The molecule has 0 saturated heterocycles. The fraction of sp³-hybridized carbons (Fsp3) is 0.269. The monoisotopic (exact) mass is 450 g/mol. The zero-order valence-electron chi connectivity index (χ0n) is 19.0. The molecule has 0 heterocycles. The summed E-state index contributed by atoms with van der Waals surface area (Å²) in [5.74, 6) is 0.0169. The molecule has 3 aromatic rings. The minimum absolute atomic E-state index is 0.0169. The van der Waals surface area contributed by atoms with Crippen molar-refractivity contribution in [3.63, 3.8) is 0 Å². The van der Waals surface area contributed by atoms with Crippen LogP contribution in [0.4, 0.5) is 5.69 Å². The van der Waals surface area contributed by atoms with Crippen molar-refractivity contribution in [3.8, 4) is 0 Å². The van der Waals surface area contributed by atoms with Crippen molar-refractivity contribution in [2.45, 2.75) is 44.6 Å². The van der Waals surface area contributed by atoms with E-state index in [0.29, 0.717) is 12.8 Å². The van der Waals surface area contributed by atoms with Crippen LogP contribution < -0.4 is 9.62 Å². The molecule has 1 atom stereocenters. The van der Waals surface area contributed by atoms with E-state index < -0.39 is 10.0 Å². The largest absolute Gasteiger partial charge is 0.315 e. The highest BCUT2D eigenvalue weighted by Gasteiger charge is 2.18. The van der Waals surface area contributed by atoms with Gasteiger partial charge in [0.15, 0.2) is 0 Å². The van der Waals surface area contributed by atoms with E-state index in [0.717, 1.165) is 22.4 Å². The molecule has 0 unspecified atom stereocenters. The van der Waals surface area contributed by atoms with Gasteiger partial charge >= 0.3 is 0 Å². The van der Waals surface area contributed by atoms with Crippen LogP contribution >= 0.6 is 0 Å². The van der Waals surface area contributed by atoms with Crippen molar-refractivity contribution in [1.29, 1.82) is 0 Å². The maximum Gasteiger partial charge on any atom is 0.241 e. The molecule has 3 rings (SSSR count). The minimum Gasteiger partial charge on any atom is -0.315 e. The smallest absolute Gasteiger partial charge is 0.241 e. The Morgan fingerprint density at radius 2 is 1.59 bits per heavy atom. The van der Waals surface area contributed by atoms with Gasteiger partial charge in [-0.05, 0) is 73.7 Å². The summed E-state index contributed by atoms with van der Waals surface area (Å²) in [7, 11) is -1.86. The van der Waals surface area contributed by atoms with Crippen molar-refractivity contribution in [1.82, 2.24) is 4.72 Å². The topological polar surface area (TPSA) is 66.5 Å². The fourth-order valence-corrected chi connectivity index (χ4v) is 4.67. The molecule has 6 heteroatoms. The first-order valence-electron chi connectivity index (χ1n) is 10.7. The third-order valence-corrected chi connectivity index (χ3v) is 7.30. The molecular weight excluding hydrogens is 420 g/mol. The van der Waals surface area contributed by atoms with Gasteiger partial charge in [-0.1, -0.05) is 48.5 Å². The standard InChI is InChI=1S/C26H30N2O3S/c1-19-10-14-24(18-20(19)2)28(4)26(29)17-13-22-11-15-25(16-12-22)32(30,31)27-21(3)23-8-6-5-7-9-23/h5-12,14-16,18,21,27H,13,17H2,1-4H3/t21-/m1/s1. The number of carbonyl (C=O) groups excluding carboxylic acids is 1. The van der Waals surface area contributed by atoms with Crippen molar-refractivity contribution < 1.29 is 13.2 Å². The molecule has 0 spiro atoms. The Morgan fingerprint density at radius 1 is 0.938 bits per heavy atom. The van der Waals surface area contributed by atoms with E-state index in [9.17, 15) is 13.2 Å². The number of hydrogen-bond acceptors (Lipinski definition) is 3. The highest BCUT2D eigenvalue weighted by molar-refractivity contribution is 7.89. The number of carbonyl (C=O) groups is 1. The third kappa shape index (κ3) is 5.84. The lowest BCUT2D eigenvalue weighted by atomic mass is 10.1. The fourth-order valence-electron chi connectivity index (χ4n) is 3.44. The van der Waals surface area contributed by atoms with Gasteiger partial charge < -0.3 is 4.90 Å². The van der Waals surface area contributed by atoms with E-state index in [1.54, 1.807) is 36.2 Å². The van der Waals surface area contributed by atoms with Crippen molar-refractivity contribution in [2.24, 2.45) is 0 Å². The zero-order valence-corrected chi connectivity index (χ0v) is 19.8. The Morgan fingerprint density at radius 3 is 2.22 bits per heavy atom. The lowest BCUT2D eigenvalue weighted by Crippen LogP contribution is -2.27. The van der Waals surface area contributed by atoms with Gasteiger partial charge in [0, 0.05) is 25.2 Å². The minimum atomic E-state index is -3.64. The van der Waals surface area contributed by atoms with Gasteiger partial charge in [-0.25, -0.2) is 13.1 Å². The molecule has 0 aliphatic heterocycles. The summed E-state index contributed by atoms with van der Waals surface area (Å²) in [6.45, 7) is 5.89. The first-order chi connectivity index (χ1) is 15.2. The van der Waals surface area contributed by atoms with Gasteiger partial charge in [-0.3, -0.25) is 4.79 Å². The molecule has 0 radical (unpaired) electrons. The predicted molar refractivity (Wildman–Crippen MR) is 129 cm³/mol. The van der Waals surface area contributed by atoms with Crippen LogP contribution in [0.25, 0.3) is 0 Å². The Hall–Kier alpha value is -2.96. The van der Waals surface area contributed by atoms with Gasteiger partial charge in [-0.15, -0.1) is 0 Å². The van der Waals surface area contributed by atoms with Crippen LogP contribution in [-0.4, -0.2) is 21.4 Å². The van der Waals surface area contributed by atoms with Gasteiger partial charge in [0.2, 0.25) is 15.9 Å². The number of sulfonamides is 1. The molecule has 0 bridgehead atoms. The van der Waals surface area contributed by atoms with Crippen LogP contribution in [0.3, 0.4) is 0 Å². The van der Waals surface area contributed by atoms with Crippen LogP contribution in [0.15, 0.2) is 77.7 Å². The number of nitrogens with one attached hydrogen (secondary N) is 1. The molecule has 1 amide bonds. The van der Waals surface area contributed by atoms with Crippen LogP contribution in [0, 0.1) is 13.8 Å². The summed E-state index contributed by atoms with van der Waals surface area (Å²) in [6, 6.07) is 21.8. The lowest BCUT2D eigenvalue weighted by molar-refractivity contribution is -0.118. The summed E-state index contributed by atoms with van der Waals surface area (Å²) in [4.78, 5) is 14.5. The Labute approximate surface area is 191 Å². The van der Waals surface area contributed by atoms with E-state index in [2.05, 4.69) is 4.72 Å². The molecule has 0 aliphatic carbocycles. The van der Waals surface area contributed by atoms with Gasteiger partial charge in [0.05, 0.1) is 4.90 Å². The maximum absolute atomic E-state index is 12.7. The highest BCUT2D eigenvalue weighted by atomic mass is 32.2. The van der Waals surface area contributed by atoms with Gasteiger partial charge in [-0.2, -0.15) is 0 Å². The van der Waals surface area contributed by atoms with Crippen molar-refractivity contribution in [2.75, 3.05) is 11.9 Å². The SMILES string of the molecule is Cc1ccc(N(C)C(=O)CCc2ccc(S(=O)(=O)N[C@H](C)c3ccccc3)cc2)cc1C. The zero-order chi connectivity index (χ0) is 23.3. The number of hydrogen-bond donors (Lipinski definition) is 1. The maximum atomic E-state index is 12.7. The molecule has 168 valence electrons. The predicted octanol–water partition coefficient (Wildman–Crippen LogP) is 4.94.